The molecule has 0 amide bonds. The molecule has 0 radical (unpaired) electrons. The molecule has 3 heteroatoms. The van der Waals surface area contributed by atoms with Gasteiger partial charge in [-0.1, -0.05) is 56.0 Å². The maximum atomic E-state index is 3.61. The zero-order valence-corrected chi connectivity index (χ0v) is 17.1. The Morgan fingerprint density at radius 2 is 1.05 bits per heavy atom. The number of rotatable bonds is 13. The molecule has 0 saturated heterocycles. The van der Waals surface area contributed by atoms with Crippen LogP contribution in [0.2, 0.25) is 0 Å². The molecule has 118 valence electrons. The first-order valence-electron chi connectivity index (χ1n) is 8.15. The molecule has 0 saturated carbocycles. The van der Waals surface area contributed by atoms with Gasteiger partial charge in [-0.3, -0.25) is 0 Å². The van der Waals surface area contributed by atoms with Crippen molar-refractivity contribution < 1.29 is 28.5 Å². The highest BCUT2D eigenvalue weighted by molar-refractivity contribution is 9.09. The van der Waals surface area contributed by atoms with E-state index in [4.69, 9.17) is 0 Å². The number of unbranched alkanes of at least 4 members (excludes halogenated alkanes) is 4. The maximum absolute atomic E-state index is 3.61. The summed E-state index contributed by atoms with van der Waals surface area (Å²) in [5, 5.41) is 1.17. The third-order valence-electron chi connectivity index (χ3n) is 3.97. The minimum absolute atomic E-state index is 0. The number of nitrogens with zero attached hydrogens (tertiary/aromatic N) is 1. The van der Waals surface area contributed by atoms with Crippen LogP contribution in [0.4, 0.5) is 0 Å². The van der Waals surface area contributed by atoms with Gasteiger partial charge in [-0.05, 0) is 25.7 Å². The lowest BCUT2D eigenvalue weighted by Crippen LogP contribution is -3.00. The van der Waals surface area contributed by atoms with Crippen LogP contribution in [-0.2, 0) is 0 Å². The Balaban J connectivity index is 0. The predicted octanol–water partition coefficient (Wildman–Crippen LogP) is 2.38. The number of quaternary nitrogens is 1. The van der Waals surface area contributed by atoms with Crippen molar-refractivity contribution in [2.24, 2.45) is 0 Å². The van der Waals surface area contributed by atoms with E-state index >= 15 is 0 Å². The van der Waals surface area contributed by atoms with Gasteiger partial charge in [0.05, 0.1) is 26.2 Å². The monoisotopic (exact) mass is 447 g/mol. The quantitative estimate of drug-likeness (QED) is 0.176. The van der Waals surface area contributed by atoms with Crippen LogP contribution in [-0.4, -0.2) is 36.0 Å². The van der Waals surface area contributed by atoms with Crippen molar-refractivity contribution in [2.45, 2.75) is 72.1 Å². The van der Waals surface area contributed by atoms with E-state index in [1.165, 1.54) is 87.4 Å². The fourth-order valence-corrected chi connectivity index (χ4v) is 3.00. The minimum Gasteiger partial charge on any atom is -1.00 e. The third-order valence-corrected chi connectivity index (χ3v) is 4.53. The van der Waals surface area contributed by atoms with E-state index in [-0.39, 0.29) is 24.0 Å². The lowest BCUT2D eigenvalue weighted by Gasteiger charge is -2.39. The molecule has 0 bridgehead atoms. The van der Waals surface area contributed by atoms with E-state index in [1.54, 1.807) is 0 Å². The van der Waals surface area contributed by atoms with Crippen molar-refractivity contribution in [2.75, 3.05) is 31.5 Å². The summed E-state index contributed by atoms with van der Waals surface area (Å²) in [7, 11) is 0. The Kier molecular flexibility index (Phi) is 18.4. The zero-order valence-electron chi connectivity index (χ0n) is 13.4. The molecule has 0 unspecified atom stereocenters. The van der Waals surface area contributed by atoms with Crippen LogP contribution in [0.5, 0.6) is 0 Å². The molecule has 0 rings (SSSR count). The normalized spacial score (nSPS) is 11.4. The van der Waals surface area contributed by atoms with Crippen LogP contribution >= 0.6 is 15.9 Å². The number of halogens is 2. The standard InChI is InChI=1S/C16H35BrN.HI/c1-4-7-10-15-18(13-8-5-2,14-9-6-3)16-11-12-17;/h4-16H2,1-3H3;1H/q+1;/p-1. The van der Waals surface area contributed by atoms with Crippen LogP contribution < -0.4 is 24.0 Å². The topological polar surface area (TPSA) is 0 Å². The lowest BCUT2D eigenvalue weighted by atomic mass is 10.1. The molecule has 0 aliphatic rings. The molecule has 0 heterocycles. The van der Waals surface area contributed by atoms with Crippen molar-refractivity contribution in [3.8, 4) is 0 Å². The van der Waals surface area contributed by atoms with Crippen LogP contribution in [0.1, 0.15) is 72.1 Å². The number of hydrogen-bond acceptors (Lipinski definition) is 0. The van der Waals surface area contributed by atoms with Crippen LogP contribution in [0.15, 0.2) is 0 Å². The average molecular weight is 448 g/mol. The number of alkyl halides is 1. The largest absolute Gasteiger partial charge is 1.00 e. The van der Waals surface area contributed by atoms with Crippen molar-refractivity contribution in [3.63, 3.8) is 0 Å². The molecule has 0 N–H and O–H groups in total. The highest BCUT2D eigenvalue weighted by atomic mass is 127. The first-order chi connectivity index (χ1) is 8.74. The summed E-state index contributed by atoms with van der Waals surface area (Å²) in [6, 6.07) is 0. The van der Waals surface area contributed by atoms with Crippen LogP contribution in [0, 0.1) is 0 Å². The molecule has 0 aromatic carbocycles. The second-order valence-electron chi connectivity index (χ2n) is 5.69. The van der Waals surface area contributed by atoms with Gasteiger partial charge in [0.25, 0.3) is 0 Å². The Labute approximate surface area is 147 Å². The van der Waals surface area contributed by atoms with E-state index < -0.39 is 0 Å². The summed E-state index contributed by atoms with van der Waals surface area (Å²) < 4.78 is 1.40. The van der Waals surface area contributed by atoms with Gasteiger partial charge in [0.15, 0.2) is 0 Å². The fourth-order valence-electron chi connectivity index (χ4n) is 2.75. The van der Waals surface area contributed by atoms with Gasteiger partial charge < -0.3 is 28.5 Å². The fraction of sp³-hybridized carbons (Fsp3) is 1.00. The van der Waals surface area contributed by atoms with E-state index in [2.05, 4.69) is 36.7 Å². The highest BCUT2D eigenvalue weighted by Gasteiger charge is 2.24. The summed E-state index contributed by atoms with van der Waals surface area (Å²) >= 11 is 3.61. The molecule has 0 aliphatic carbocycles. The zero-order chi connectivity index (χ0) is 13.7. The first kappa shape index (κ1) is 22.5. The van der Waals surface area contributed by atoms with Gasteiger partial charge in [0, 0.05) is 11.8 Å². The molecule has 0 spiro atoms. The van der Waals surface area contributed by atoms with Gasteiger partial charge in [0.1, 0.15) is 0 Å². The molecule has 19 heavy (non-hydrogen) atoms. The van der Waals surface area contributed by atoms with Gasteiger partial charge in [0.2, 0.25) is 0 Å². The molecule has 0 aliphatic heterocycles. The second-order valence-corrected chi connectivity index (χ2v) is 6.49. The molecule has 0 aromatic heterocycles. The van der Waals surface area contributed by atoms with E-state index in [9.17, 15) is 0 Å². The Bertz CT molecular complexity index is 154. The Morgan fingerprint density at radius 3 is 1.47 bits per heavy atom. The van der Waals surface area contributed by atoms with Gasteiger partial charge in [-0.25, -0.2) is 0 Å². The summed E-state index contributed by atoms with van der Waals surface area (Å²) in [5.41, 5.74) is 0. The molecular weight excluding hydrogens is 413 g/mol. The van der Waals surface area contributed by atoms with E-state index in [0.717, 1.165) is 0 Å². The van der Waals surface area contributed by atoms with Crippen molar-refractivity contribution >= 4 is 15.9 Å². The van der Waals surface area contributed by atoms with Crippen LogP contribution in [0.25, 0.3) is 0 Å². The SMILES string of the molecule is CCCCC[N+](CCCC)(CCCC)CCCBr.[I-]. The first-order valence-corrected chi connectivity index (χ1v) is 9.27. The van der Waals surface area contributed by atoms with E-state index in [1.807, 2.05) is 0 Å². The van der Waals surface area contributed by atoms with Crippen molar-refractivity contribution in [3.05, 3.63) is 0 Å². The lowest BCUT2D eigenvalue weighted by molar-refractivity contribution is -0.928. The van der Waals surface area contributed by atoms with E-state index in [0.29, 0.717) is 0 Å². The third kappa shape index (κ3) is 11.5. The van der Waals surface area contributed by atoms with Crippen molar-refractivity contribution in [1.82, 2.24) is 0 Å². The summed E-state index contributed by atoms with van der Waals surface area (Å²) in [6.07, 6.45) is 11.0. The summed E-state index contributed by atoms with van der Waals surface area (Å²) in [6.45, 7) is 12.6. The average Bonchev–Trinajstić information content (AvgIpc) is 2.40. The van der Waals surface area contributed by atoms with Crippen LogP contribution in [0.3, 0.4) is 0 Å². The van der Waals surface area contributed by atoms with Gasteiger partial charge >= 0.3 is 0 Å². The Hall–Kier alpha value is 1.17. The molecule has 0 fully saturated rings. The minimum atomic E-state index is 0. The van der Waals surface area contributed by atoms with Crippen molar-refractivity contribution in [1.29, 1.82) is 0 Å². The Morgan fingerprint density at radius 1 is 0.632 bits per heavy atom. The maximum Gasteiger partial charge on any atom is 0.0794 e. The van der Waals surface area contributed by atoms with Gasteiger partial charge in [-0.2, -0.15) is 0 Å². The number of hydrogen-bond donors (Lipinski definition) is 0. The summed E-state index contributed by atoms with van der Waals surface area (Å²) in [5.74, 6) is 0. The molecule has 1 nitrogen and oxygen atoms in total. The summed E-state index contributed by atoms with van der Waals surface area (Å²) in [4.78, 5) is 0. The smallest absolute Gasteiger partial charge is 0.0794 e. The second kappa shape index (κ2) is 15.6. The highest BCUT2D eigenvalue weighted by Crippen LogP contribution is 2.16. The molecule has 0 atom stereocenters. The molecule has 0 aromatic rings. The predicted molar refractivity (Wildman–Crippen MR) is 87.5 cm³/mol. The molecular formula is C16H35BrIN. The van der Waals surface area contributed by atoms with Gasteiger partial charge in [-0.15, -0.1) is 0 Å².